The lowest BCUT2D eigenvalue weighted by Crippen LogP contribution is -2.59. The number of hydrogen-bond acceptors (Lipinski definition) is 4. The Morgan fingerprint density at radius 1 is 1.06 bits per heavy atom. The number of halogens is 2. The second-order valence-corrected chi connectivity index (χ2v) is 9.03. The molecule has 0 spiro atoms. The number of nitrogens with zero attached hydrogens (tertiary/aromatic N) is 2. The van der Waals surface area contributed by atoms with Crippen molar-refractivity contribution in [1.82, 2.24) is 9.80 Å². The van der Waals surface area contributed by atoms with Gasteiger partial charge in [0.25, 0.3) is 5.91 Å². The summed E-state index contributed by atoms with van der Waals surface area (Å²) in [5, 5.41) is 0.336. The zero-order valence-corrected chi connectivity index (χ0v) is 19.7. The number of piperazine rings is 1. The van der Waals surface area contributed by atoms with Crippen molar-refractivity contribution in [3.05, 3.63) is 88.7 Å². The van der Waals surface area contributed by atoms with E-state index < -0.39 is 0 Å². The summed E-state index contributed by atoms with van der Waals surface area (Å²) in [6, 6.07) is 20.1. The van der Waals surface area contributed by atoms with Gasteiger partial charge in [-0.2, -0.15) is 0 Å². The summed E-state index contributed by atoms with van der Waals surface area (Å²) in [7, 11) is 1.54. The molecule has 2 saturated heterocycles. The predicted molar refractivity (Wildman–Crippen MR) is 130 cm³/mol. The second-order valence-electron chi connectivity index (χ2n) is 8.65. The minimum Gasteiger partial charge on any atom is -0.495 e. The highest BCUT2D eigenvalue weighted by Crippen LogP contribution is 2.33. The molecule has 176 valence electrons. The molecule has 3 aromatic rings. The van der Waals surface area contributed by atoms with E-state index in [0.717, 1.165) is 17.7 Å². The molecule has 2 atom stereocenters. The van der Waals surface area contributed by atoms with Crippen LogP contribution in [-0.2, 0) is 4.74 Å². The highest BCUT2D eigenvalue weighted by atomic mass is 35.5. The van der Waals surface area contributed by atoms with Crippen LogP contribution in [0.1, 0.15) is 22.0 Å². The van der Waals surface area contributed by atoms with E-state index in [0.29, 0.717) is 48.1 Å². The van der Waals surface area contributed by atoms with Crippen LogP contribution in [0.2, 0.25) is 5.02 Å². The summed E-state index contributed by atoms with van der Waals surface area (Å²) in [5.41, 5.74) is 2.83. The Labute approximate surface area is 203 Å². The molecule has 0 bridgehead atoms. The number of carbonyl (C=O) groups excluding carboxylic acids is 1. The number of benzene rings is 3. The van der Waals surface area contributed by atoms with Crippen molar-refractivity contribution >= 4 is 17.5 Å². The summed E-state index contributed by atoms with van der Waals surface area (Å²) < 4.78 is 26.0. The maximum atomic E-state index is 14.5. The van der Waals surface area contributed by atoms with Gasteiger partial charge < -0.3 is 14.4 Å². The van der Waals surface area contributed by atoms with Crippen LogP contribution in [0.4, 0.5) is 4.39 Å². The Kier molecular flexibility index (Phi) is 6.55. The highest BCUT2D eigenvalue weighted by molar-refractivity contribution is 6.35. The first kappa shape index (κ1) is 22.8. The molecule has 0 radical (unpaired) electrons. The van der Waals surface area contributed by atoms with Crippen molar-refractivity contribution in [3.8, 4) is 16.9 Å². The lowest BCUT2D eigenvalue weighted by Gasteiger charge is -2.46. The molecule has 5 nitrogen and oxygen atoms in total. The molecule has 2 fully saturated rings. The molecular weight excluding hydrogens is 455 g/mol. The molecule has 2 aliphatic heterocycles. The summed E-state index contributed by atoms with van der Waals surface area (Å²) in [6.45, 7) is 3.11. The molecule has 0 saturated carbocycles. The van der Waals surface area contributed by atoms with E-state index >= 15 is 0 Å². The molecule has 0 aliphatic carbocycles. The summed E-state index contributed by atoms with van der Waals surface area (Å²) in [5.74, 6) is 0.146. The van der Waals surface area contributed by atoms with Gasteiger partial charge in [-0.1, -0.05) is 54.1 Å². The molecule has 0 N–H and O–H groups in total. The first-order valence-corrected chi connectivity index (χ1v) is 11.7. The average molecular weight is 481 g/mol. The Morgan fingerprint density at radius 2 is 1.88 bits per heavy atom. The van der Waals surface area contributed by atoms with Crippen LogP contribution in [0.25, 0.3) is 11.1 Å². The molecule has 2 heterocycles. The van der Waals surface area contributed by atoms with Crippen molar-refractivity contribution in [1.29, 1.82) is 0 Å². The maximum absolute atomic E-state index is 14.5. The Balaban J connectivity index is 1.28. The van der Waals surface area contributed by atoms with Crippen LogP contribution >= 0.6 is 11.6 Å². The van der Waals surface area contributed by atoms with Gasteiger partial charge in [-0.15, -0.1) is 0 Å². The molecule has 0 unspecified atom stereocenters. The third kappa shape index (κ3) is 4.41. The van der Waals surface area contributed by atoms with E-state index in [9.17, 15) is 9.18 Å². The Hall–Kier alpha value is -2.93. The van der Waals surface area contributed by atoms with Gasteiger partial charge in [-0.3, -0.25) is 9.69 Å². The van der Waals surface area contributed by atoms with E-state index in [-0.39, 0.29) is 23.9 Å². The fourth-order valence-electron chi connectivity index (χ4n) is 4.76. The normalized spacial score (nSPS) is 20.6. The number of carbonyl (C=O) groups is 1. The van der Waals surface area contributed by atoms with E-state index in [1.165, 1.54) is 13.2 Å². The second kappa shape index (κ2) is 9.74. The topological polar surface area (TPSA) is 42.0 Å². The highest BCUT2D eigenvalue weighted by Gasteiger charge is 2.36. The van der Waals surface area contributed by atoms with Gasteiger partial charge in [0.2, 0.25) is 0 Å². The standard InChI is InChI=1S/C27H26ClFN2O3/c1-33-24-9-5-8-21(26(24)28)27(32)31-13-12-30-16-25(34-17-20(30)15-31)19-10-11-23(29)22(14-19)18-6-3-2-4-7-18/h2-11,14,20,25H,12-13,15-17H2,1H3/t20-,25+/m0/s1. The summed E-state index contributed by atoms with van der Waals surface area (Å²) in [4.78, 5) is 17.3. The van der Waals surface area contributed by atoms with Crippen molar-refractivity contribution in [3.63, 3.8) is 0 Å². The lowest BCUT2D eigenvalue weighted by molar-refractivity contribution is -0.0858. The quantitative estimate of drug-likeness (QED) is 0.524. The largest absolute Gasteiger partial charge is 0.495 e. The Bertz CT molecular complexity index is 1190. The zero-order chi connectivity index (χ0) is 23.7. The van der Waals surface area contributed by atoms with Crippen LogP contribution in [0.15, 0.2) is 66.7 Å². The predicted octanol–water partition coefficient (Wildman–Crippen LogP) is 5.05. The molecule has 34 heavy (non-hydrogen) atoms. The van der Waals surface area contributed by atoms with E-state index in [2.05, 4.69) is 4.90 Å². The summed E-state index contributed by atoms with van der Waals surface area (Å²) >= 11 is 6.38. The number of methoxy groups -OCH3 is 1. The number of fused-ring (bicyclic) bond motifs is 1. The number of rotatable bonds is 4. The SMILES string of the molecule is COc1cccc(C(=O)N2CCN3C[C@H](c4ccc(F)c(-c5ccccc5)c4)OC[C@@H]3C2)c1Cl. The van der Waals surface area contributed by atoms with Gasteiger partial charge >= 0.3 is 0 Å². The first-order chi connectivity index (χ1) is 16.5. The van der Waals surface area contributed by atoms with Crippen LogP contribution in [0, 0.1) is 5.82 Å². The molecule has 5 rings (SSSR count). The minimum absolute atomic E-state index is 0.100. The van der Waals surface area contributed by atoms with Gasteiger partial charge in [0.1, 0.15) is 11.6 Å². The number of amides is 1. The molecule has 7 heteroatoms. The fourth-order valence-corrected chi connectivity index (χ4v) is 5.04. The van der Waals surface area contributed by atoms with Crippen LogP contribution in [0.5, 0.6) is 5.75 Å². The summed E-state index contributed by atoms with van der Waals surface area (Å²) in [6.07, 6.45) is -0.144. The van der Waals surface area contributed by atoms with E-state index in [4.69, 9.17) is 21.1 Å². The molecule has 0 aromatic heterocycles. The average Bonchev–Trinajstić information content (AvgIpc) is 2.88. The number of morpholine rings is 1. The number of hydrogen-bond donors (Lipinski definition) is 0. The van der Waals surface area contributed by atoms with Crippen molar-refractivity contribution in [2.75, 3.05) is 39.9 Å². The van der Waals surface area contributed by atoms with Crippen molar-refractivity contribution in [2.24, 2.45) is 0 Å². The van der Waals surface area contributed by atoms with Gasteiger partial charge in [0.15, 0.2) is 0 Å². The van der Waals surface area contributed by atoms with E-state index in [1.54, 1.807) is 24.3 Å². The zero-order valence-electron chi connectivity index (χ0n) is 18.9. The molecule has 1 amide bonds. The third-order valence-corrected chi connectivity index (χ3v) is 7.03. The molecular formula is C27H26ClFN2O3. The fraction of sp³-hybridized carbons (Fsp3) is 0.296. The van der Waals surface area contributed by atoms with Gasteiger partial charge in [-0.05, 0) is 35.4 Å². The number of ether oxygens (including phenoxy) is 2. The van der Waals surface area contributed by atoms with Crippen molar-refractivity contribution < 1.29 is 18.7 Å². The van der Waals surface area contributed by atoms with Crippen LogP contribution < -0.4 is 4.74 Å². The molecule has 2 aliphatic rings. The van der Waals surface area contributed by atoms with Gasteiger partial charge in [0, 0.05) is 31.7 Å². The van der Waals surface area contributed by atoms with Crippen LogP contribution in [-0.4, -0.2) is 61.6 Å². The van der Waals surface area contributed by atoms with Gasteiger partial charge in [-0.25, -0.2) is 4.39 Å². The van der Waals surface area contributed by atoms with Gasteiger partial charge in [0.05, 0.1) is 36.4 Å². The minimum atomic E-state index is -0.244. The first-order valence-electron chi connectivity index (χ1n) is 11.4. The molecule has 3 aromatic carbocycles. The van der Waals surface area contributed by atoms with E-state index in [1.807, 2.05) is 41.3 Å². The lowest BCUT2D eigenvalue weighted by atomic mass is 9.98. The Morgan fingerprint density at radius 3 is 2.68 bits per heavy atom. The third-order valence-electron chi connectivity index (χ3n) is 6.64. The smallest absolute Gasteiger partial charge is 0.255 e. The maximum Gasteiger partial charge on any atom is 0.255 e. The monoisotopic (exact) mass is 480 g/mol. The van der Waals surface area contributed by atoms with Crippen LogP contribution in [0.3, 0.4) is 0 Å². The van der Waals surface area contributed by atoms with Crippen molar-refractivity contribution in [2.45, 2.75) is 12.1 Å².